The second-order valence-corrected chi connectivity index (χ2v) is 3.49. The number of hydrogen-bond acceptors (Lipinski definition) is 5. The number of methoxy groups -OCH3 is 1. The minimum Gasteiger partial charge on any atom is -0.496 e. The standard InChI is InChI=1S/C11H12FN3O2/c1-6-3-4-7(16-2)9(10(6)12)11-14-8(5-13)17-15-11/h3-4H,5,13H2,1-2H3. The first-order valence-corrected chi connectivity index (χ1v) is 5.03. The summed E-state index contributed by atoms with van der Waals surface area (Å²) in [6, 6.07) is 3.29. The number of nitrogens with two attached hydrogens (primary N) is 1. The maximum atomic E-state index is 14.0. The minimum atomic E-state index is -0.422. The van der Waals surface area contributed by atoms with Crippen molar-refractivity contribution in [2.24, 2.45) is 5.73 Å². The molecular weight excluding hydrogens is 225 g/mol. The SMILES string of the molecule is COc1ccc(C)c(F)c1-c1noc(CN)n1. The van der Waals surface area contributed by atoms with Crippen LogP contribution in [0.25, 0.3) is 11.4 Å². The first kappa shape index (κ1) is 11.5. The summed E-state index contributed by atoms with van der Waals surface area (Å²) in [7, 11) is 1.46. The molecule has 2 aromatic rings. The molecule has 0 saturated heterocycles. The van der Waals surface area contributed by atoms with Crippen LogP contribution >= 0.6 is 0 Å². The van der Waals surface area contributed by atoms with Gasteiger partial charge in [0.05, 0.1) is 13.7 Å². The fourth-order valence-corrected chi connectivity index (χ4v) is 1.48. The Bertz CT molecular complexity index is 540. The monoisotopic (exact) mass is 237 g/mol. The van der Waals surface area contributed by atoms with Gasteiger partial charge in [0.2, 0.25) is 11.7 Å². The van der Waals surface area contributed by atoms with E-state index in [1.165, 1.54) is 7.11 Å². The van der Waals surface area contributed by atoms with Crippen LogP contribution in [0.15, 0.2) is 16.7 Å². The Morgan fingerprint density at radius 3 is 2.82 bits per heavy atom. The summed E-state index contributed by atoms with van der Waals surface area (Å²) in [5, 5.41) is 3.68. The van der Waals surface area contributed by atoms with Gasteiger partial charge >= 0.3 is 0 Å². The van der Waals surface area contributed by atoms with Gasteiger partial charge in [-0.15, -0.1) is 0 Å². The van der Waals surface area contributed by atoms with Crippen LogP contribution in [0, 0.1) is 12.7 Å². The average molecular weight is 237 g/mol. The maximum Gasteiger partial charge on any atom is 0.240 e. The highest BCUT2D eigenvalue weighted by atomic mass is 19.1. The van der Waals surface area contributed by atoms with E-state index in [0.717, 1.165) is 0 Å². The number of halogens is 1. The molecule has 6 heteroatoms. The van der Waals surface area contributed by atoms with Crippen molar-refractivity contribution in [2.45, 2.75) is 13.5 Å². The van der Waals surface area contributed by atoms with Gasteiger partial charge in [0.1, 0.15) is 17.1 Å². The molecule has 5 nitrogen and oxygen atoms in total. The summed E-state index contributed by atoms with van der Waals surface area (Å²) in [6.07, 6.45) is 0. The van der Waals surface area contributed by atoms with Crippen LogP contribution in [0.5, 0.6) is 5.75 Å². The van der Waals surface area contributed by atoms with Gasteiger partial charge < -0.3 is 15.0 Å². The molecule has 0 aliphatic heterocycles. The average Bonchev–Trinajstić information content (AvgIpc) is 2.80. The molecule has 0 fully saturated rings. The van der Waals surface area contributed by atoms with Gasteiger partial charge in [-0.2, -0.15) is 4.98 Å². The summed E-state index contributed by atoms with van der Waals surface area (Å²) in [6.45, 7) is 1.77. The first-order valence-electron chi connectivity index (χ1n) is 5.03. The van der Waals surface area contributed by atoms with E-state index in [2.05, 4.69) is 10.1 Å². The molecule has 0 unspecified atom stereocenters. The summed E-state index contributed by atoms with van der Waals surface area (Å²) in [5.74, 6) is 0.331. The molecule has 0 atom stereocenters. The molecule has 0 bridgehead atoms. The predicted molar refractivity (Wildman–Crippen MR) is 58.9 cm³/mol. The number of hydrogen-bond donors (Lipinski definition) is 1. The van der Waals surface area contributed by atoms with Crippen molar-refractivity contribution in [3.63, 3.8) is 0 Å². The molecular formula is C11H12FN3O2. The Kier molecular flexibility index (Phi) is 3.06. The quantitative estimate of drug-likeness (QED) is 0.878. The van der Waals surface area contributed by atoms with E-state index in [-0.39, 0.29) is 23.8 Å². The highest BCUT2D eigenvalue weighted by molar-refractivity contribution is 5.65. The lowest BCUT2D eigenvalue weighted by atomic mass is 10.1. The fraction of sp³-hybridized carbons (Fsp3) is 0.273. The normalized spacial score (nSPS) is 10.6. The molecule has 0 amide bonds. The Morgan fingerprint density at radius 2 is 2.24 bits per heavy atom. The van der Waals surface area contributed by atoms with Gasteiger partial charge in [-0.05, 0) is 18.6 Å². The van der Waals surface area contributed by atoms with Crippen LogP contribution in [-0.2, 0) is 6.54 Å². The highest BCUT2D eigenvalue weighted by Crippen LogP contribution is 2.32. The van der Waals surface area contributed by atoms with Crippen LogP contribution < -0.4 is 10.5 Å². The van der Waals surface area contributed by atoms with E-state index >= 15 is 0 Å². The predicted octanol–water partition coefficient (Wildman–Crippen LogP) is 1.65. The van der Waals surface area contributed by atoms with Crippen molar-refractivity contribution in [2.75, 3.05) is 7.11 Å². The lowest BCUT2D eigenvalue weighted by Crippen LogP contribution is -1.98. The lowest BCUT2D eigenvalue weighted by Gasteiger charge is -2.07. The van der Waals surface area contributed by atoms with Gasteiger partial charge in [0.15, 0.2) is 0 Å². The smallest absolute Gasteiger partial charge is 0.240 e. The molecule has 1 aromatic carbocycles. The topological polar surface area (TPSA) is 74.2 Å². The zero-order valence-corrected chi connectivity index (χ0v) is 9.53. The van der Waals surface area contributed by atoms with E-state index in [1.807, 2.05) is 0 Å². The molecule has 0 saturated carbocycles. The third kappa shape index (κ3) is 1.99. The molecule has 17 heavy (non-hydrogen) atoms. The third-order valence-electron chi connectivity index (χ3n) is 2.38. The summed E-state index contributed by atoms with van der Waals surface area (Å²) < 4.78 is 24.0. The van der Waals surface area contributed by atoms with Gasteiger partial charge in [-0.3, -0.25) is 0 Å². The number of aromatic nitrogens is 2. The Balaban J connectivity index is 2.60. The third-order valence-corrected chi connectivity index (χ3v) is 2.38. The summed E-state index contributed by atoms with van der Waals surface area (Å²) >= 11 is 0. The lowest BCUT2D eigenvalue weighted by molar-refractivity contribution is 0.379. The largest absolute Gasteiger partial charge is 0.496 e. The molecule has 0 aliphatic carbocycles. The molecule has 1 aromatic heterocycles. The highest BCUT2D eigenvalue weighted by Gasteiger charge is 2.19. The van der Waals surface area contributed by atoms with Gasteiger partial charge in [-0.1, -0.05) is 11.2 Å². The van der Waals surface area contributed by atoms with E-state index in [1.54, 1.807) is 19.1 Å². The minimum absolute atomic E-state index is 0.114. The van der Waals surface area contributed by atoms with Gasteiger partial charge in [-0.25, -0.2) is 4.39 Å². The van der Waals surface area contributed by atoms with Crippen LogP contribution in [0.4, 0.5) is 4.39 Å². The van der Waals surface area contributed by atoms with Crippen molar-refractivity contribution in [1.29, 1.82) is 0 Å². The Labute approximate surface area is 97.4 Å². The molecule has 0 radical (unpaired) electrons. The molecule has 0 aliphatic rings. The number of rotatable bonds is 3. The van der Waals surface area contributed by atoms with Crippen LogP contribution in [0.2, 0.25) is 0 Å². The van der Waals surface area contributed by atoms with Crippen molar-refractivity contribution in [1.82, 2.24) is 10.1 Å². The zero-order chi connectivity index (χ0) is 12.4. The number of nitrogens with zero attached hydrogens (tertiary/aromatic N) is 2. The van der Waals surface area contributed by atoms with Gasteiger partial charge in [0.25, 0.3) is 0 Å². The van der Waals surface area contributed by atoms with Crippen LogP contribution in [-0.4, -0.2) is 17.3 Å². The first-order chi connectivity index (χ1) is 8.17. The number of aryl methyl sites for hydroxylation is 1. The van der Waals surface area contributed by atoms with E-state index < -0.39 is 5.82 Å². The van der Waals surface area contributed by atoms with Gasteiger partial charge in [0, 0.05) is 0 Å². The number of ether oxygens (including phenoxy) is 1. The summed E-state index contributed by atoms with van der Waals surface area (Å²) in [5.41, 5.74) is 6.04. The molecule has 90 valence electrons. The van der Waals surface area contributed by atoms with Crippen molar-refractivity contribution < 1.29 is 13.7 Å². The fourth-order valence-electron chi connectivity index (χ4n) is 1.48. The van der Waals surface area contributed by atoms with Crippen molar-refractivity contribution >= 4 is 0 Å². The molecule has 0 spiro atoms. The second-order valence-electron chi connectivity index (χ2n) is 3.49. The zero-order valence-electron chi connectivity index (χ0n) is 9.53. The summed E-state index contributed by atoms with van der Waals surface area (Å²) in [4.78, 5) is 3.99. The van der Waals surface area contributed by atoms with E-state index in [4.69, 9.17) is 15.0 Å². The van der Waals surface area contributed by atoms with Crippen molar-refractivity contribution in [3.8, 4) is 17.1 Å². The molecule has 2 N–H and O–H groups in total. The van der Waals surface area contributed by atoms with E-state index in [9.17, 15) is 4.39 Å². The Hall–Kier alpha value is -1.95. The number of benzene rings is 1. The Morgan fingerprint density at radius 1 is 1.47 bits per heavy atom. The molecule has 2 rings (SSSR count). The van der Waals surface area contributed by atoms with Crippen LogP contribution in [0.1, 0.15) is 11.5 Å². The second kappa shape index (κ2) is 4.50. The maximum absolute atomic E-state index is 14.0. The van der Waals surface area contributed by atoms with Crippen molar-refractivity contribution in [3.05, 3.63) is 29.4 Å². The molecule has 1 heterocycles. The van der Waals surface area contributed by atoms with E-state index in [0.29, 0.717) is 11.3 Å². The van der Waals surface area contributed by atoms with Crippen LogP contribution in [0.3, 0.4) is 0 Å².